The summed E-state index contributed by atoms with van der Waals surface area (Å²) in [4.78, 5) is 43.2. The van der Waals surface area contributed by atoms with Crippen LogP contribution in [0.1, 0.15) is 5.56 Å². The molecule has 3 N–H and O–H groups in total. The minimum Gasteiger partial charge on any atom is -0.383 e. The molecule has 35 heavy (non-hydrogen) atoms. The number of hydrogen-bond acceptors (Lipinski definition) is 6. The second-order valence-electron chi connectivity index (χ2n) is 7.90. The molecule has 1 heterocycles. The summed E-state index contributed by atoms with van der Waals surface area (Å²) in [5.74, 6) is -0.302. The first-order valence-electron chi connectivity index (χ1n) is 11.1. The summed E-state index contributed by atoms with van der Waals surface area (Å²) in [7, 11) is 1.51. The number of nitrogen functional groups attached to an aromatic ring is 1. The predicted octanol–water partition coefficient (Wildman–Crippen LogP) is 3.09. The van der Waals surface area contributed by atoms with E-state index in [9.17, 15) is 14.4 Å². The van der Waals surface area contributed by atoms with Crippen LogP contribution in [0.15, 0.2) is 87.3 Å². The summed E-state index contributed by atoms with van der Waals surface area (Å²) in [6.07, 6.45) is 0. The Hall–Kier alpha value is -3.82. The Bertz CT molecular complexity index is 1450. The van der Waals surface area contributed by atoms with Crippen molar-refractivity contribution in [3.05, 3.63) is 99.2 Å². The number of hydrogen-bond donors (Lipinski definition) is 2. The SMILES string of the molecule is COCCN(C(=O)CSc1ccc2ccccc2c1)c1c(N)n(Cc2ccccc2)c(=O)[nH]c1=O. The lowest BCUT2D eigenvalue weighted by Crippen LogP contribution is -2.43. The summed E-state index contributed by atoms with van der Waals surface area (Å²) >= 11 is 1.37. The van der Waals surface area contributed by atoms with Gasteiger partial charge < -0.3 is 15.4 Å². The highest BCUT2D eigenvalue weighted by Crippen LogP contribution is 2.25. The topological polar surface area (TPSA) is 110 Å². The van der Waals surface area contributed by atoms with E-state index in [2.05, 4.69) is 4.98 Å². The molecule has 0 fully saturated rings. The zero-order valence-electron chi connectivity index (χ0n) is 19.3. The van der Waals surface area contributed by atoms with E-state index in [1.807, 2.05) is 72.8 Å². The maximum atomic E-state index is 13.3. The lowest BCUT2D eigenvalue weighted by Gasteiger charge is -2.24. The number of aromatic nitrogens is 2. The van der Waals surface area contributed by atoms with Crippen molar-refractivity contribution in [3.63, 3.8) is 0 Å². The van der Waals surface area contributed by atoms with Gasteiger partial charge >= 0.3 is 5.69 Å². The Labute approximate surface area is 206 Å². The molecule has 1 aromatic heterocycles. The van der Waals surface area contributed by atoms with Crippen molar-refractivity contribution < 1.29 is 9.53 Å². The maximum Gasteiger partial charge on any atom is 0.330 e. The molecule has 9 heteroatoms. The van der Waals surface area contributed by atoms with Crippen LogP contribution < -0.4 is 21.9 Å². The van der Waals surface area contributed by atoms with Crippen molar-refractivity contribution in [2.75, 3.05) is 36.6 Å². The first-order valence-corrected chi connectivity index (χ1v) is 12.0. The Morgan fingerprint density at radius 1 is 1.03 bits per heavy atom. The van der Waals surface area contributed by atoms with E-state index in [0.717, 1.165) is 21.2 Å². The number of amides is 1. The van der Waals surface area contributed by atoms with Gasteiger partial charge in [0, 0.05) is 18.6 Å². The van der Waals surface area contributed by atoms with Crippen LogP contribution in [0, 0.1) is 0 Å². The van der Waals surface area contributed by atoms with E-state index in [1.165, 1.54) is 28.3 Å². The molecule has 0 aliphatic heterocycles. The molecule has 0 bridgehead atoms. The highest BCUT2D eigenvalue weighted by molar-refractivity contribution is 8.00. The lowest BCUT2D eigenvalue weighted by atomic mass is 10.1. The molecule has 4 aromatic rings. The molecule has 0 aliphatic carbocycles. The largest absolute Gasteiger partial charge is 0.383 e. The van der Waals surface area contributed by atoms with Gasteiger partial charge in [-0.3, -0.25) is 19.1 Å². The van der Waals surface area contributed by atoms with Gasteiger partial charge in [0.2, 0.25) is 5.91 Å². The molecule has 0 radical (unpaired) electrons. The van der Waals surface area contributed by atoms with Gasteiger partial charge in [-0.25, -0.2) is 4.79 Å². The Balaban J connectivity index is 1.62. The molecule has 3 aromatic carbocycles. The number of nitrogens with zero attached hydrogens (tertiary/aromatic N) is 2. The summed E-state index contributed by atoms with van der Waals surface area (Å²) in [5, 5.41) is 2.19. The van der Waals surface area contributed by atoms with Crippen LogP contribution in [0.5, 0.6) is 0 Å². The smallest absolute Gasteiger partial charge is 0.330 e. The van der Waals surface area contributed by atoms with Gasteiger partial charge in [0.25, 0.3) is 5.56 Å². The Kier molecular flexibility index (Phi) is 7.69. The molecule has 0 saturated carbocycles. The molecule has 0 saturated heterocycles. The van der Waals surface area contributed by atoms with E-state index in [4.69, 9.17) is 10.5 Å². The van der Waals surface area contributed by atoms with Crippen molar-refractivity contribution in [2.45, 2.75) is 11.4 Å². The summed E-state index contributed by atoms with van der Waals surface area (Å²) < 4.78 is 6.42. The molecule has 4 rings (SSSR count). The fourth-order valence-electron chi connectivity index (χ4n) is 3.79. The molecule has 0 spiro atoms. The number of benzene rings is 3. The summed E-state index contributed by atoms with van der Waals surface area (Å²) in [5.41, 5.74) is 5.75. The van der Waals surface area contributed by atoms with Crippen LogP contribution in [0.4, 0.5) is 11.5 Å². The van der Waals surface area contributed by atoms with Crippen molar-refractivity contribution in [1.82, 2.24) is 9.55 Å². The van der Waals surface area contributed by atoms with Crippen molar-refractivity contribution in [1.29, 1.82) is 0 Å². The number of aromatic amines is 1. The van der Waals surface area contributed by atoms with Crippen molar-refractivity contribution >= 4 is 39.9 Å². The second-order valence-corrected chi connectivity index (χ2v) is 8.95. The number of ether oxygens (including phenoxy) is 1. The van der Waals surface area contributed by atoms with Crippen LogP contribution in [0.2, 0.25) is 0 Å². The number of rotatable bonds is 9. The third kappa shape index (κ3) is 5.64. The number of thioether (sulfide) groups is 1. The number of anilines is 2. The molecule has 180 valence electrons. The van der Waals surface area contributed by atoms with Crippen LogP contribution in [0.3, 0.4) is 0 Å². The van der Waals surface area contributed by atoms with Crippen molar-refractivity contribution in [2.24, 2.45) is 0 Å². The average Bonchev–Trinajstić information content (AvgIpc) is 2.87. The van der Waals surface area contributed by atoms with E-state index < -0.39 is 11.2 Å². The monoisotopic (exact) mass is 490 g/mol. The highest BCUT2D eigenvalue weighted by Gasteiger charge is 2.24. The van der Waals surface area contributed by atoms with Gasteiger partial charge in [-0.15, -0.1) is 11.8 Å². The van der Waals surface area contributed by atoms with Crippen LogP contribution in [0.25, 0.3) is 10.8 Å². The third-order valence-electron chi connectivity index (χ3n) is 5.57. The zero-order chi connectivity index (χ0) is 24.8. The molecule has 0 aliphatic rings. The third-order valence-corrected chi connectivity index (χ3v) is 6.55. The van der Waals surface area contributed by atoms with Gasteiger partial charge in [-0.2, -0.15) is 0 Å². The molecule has 1 amide bonds. The van der Waals surface area contributed by atoms with E-state index >= 15 is 0 Å². The molecule has 0 atom stereocenters. The number of carbonyl (C=O) groups excluding carboxylic acids is 1. The minimum absolute atomic E-state index is 0.0540. The fraction of sp³-hybridized carbons (Fsp3) is 0.192. The number of methoxy groups -OCH3 is 1. The Morgan fingerprint density at radius 3 is 2.49 bits per heavy atom. The van der Waals surface area contributed by atoms with Gasteiger partial charge in [0.05, 0.1) is 18.9 Å². The maximum absolute atomic E-state index is 13.3. The summed E-state index contributed by atoms with van der Waals surface area (Å²) in [6, 6.07) is 23.2. The quantitative estimate of drug-likeness (QED) is 0.349. The fourth-order valence-corrected chi connectivity index (χ4v) is 4.61. The van der Waals surface area contributed by atoms with E-state index in [-0.39, 0.29) is 42.9 Å². The van der Waals surface area contributed by atoms with Crippen LogP contribution in [-0.4, -0.2) is 41.5 Å². The molecular formula is C26H26N4O4S. The first kappa shape index (κ1) is 24.3. The predicted molar refractivity (Wildman–Crippen MR) is 140 cm³/mol. The zero-order valence-corrected chi connectivity index (χ0v) is 20.1. The normalized spacial score (nSPS) is 11.0. The standard InChI is InChI=1S/C26H26N4O4S/c1-34-14-13-29(22(31)17-35-21-12-11-19-9-5-6-10-20(19)15-21)23-24(27)30(26(33)28-25(23)32)16-18-7-3-2-4-8-18/h2-12,15H,13-14,16-17,27H2,1H3,(H,28,32,33). The number of H-pyrrole nitrogens is 1. The lowest BCUT2D eigenvalue weighted by molar-refractivity contribution is -0.116. The van der Waals surface area contributed by atoms with Gasteiger partial charge in [0.15, 0.2) is 5.69 Å². The second kappa shape index (κ2) is 11.1. The van der Waals surface area contributed by atoms with Gasteiger partial charge in [-0.1, -0.05) is 60.7 Å². The number of carbonyl (C=O) groups is 1. The van der Waals surface area contributed by atoms with Gasteiger partial charge in [-0.05, 0) is 28.5 Å². The molecule has 0 unspecified atom stereocenters. The minimum atomic E-state index is -0.711. The number of nitrogens with one attached hydrogen (secondary N) is 1. The molecular weight excluding hydrogens is 464 g/mol. The van der Waals surface area contributed by atoms with Crippen LogP contribution in [-0.2, 0) is 16.1 Å². The van der Waals surface area contributed by atoms with Crippen LogP contribution >= 0.6 is 11.8 Å². The average molecular weight is 491 g/mol. The number of nitrogens with two attached hydrogens (primary N) is 1. The molecule has 8 nitrogen and oxygen atoms in total. The van der Waals surface area contributed by atoms with E-state index in [1.54, 1.807) is 0 Å². The summed E-state index contributed by atoms with van der Waals surface area (Å²) in [6.45, 7) is 0.473. The first-order chi connectivity index (χ1) is 17.0. The van der Waals surface area contributed by atoms with E-state index in [0.29, 0.717) is 0 Å². The highest BCUT2D eigenvalue weighted by atomic mass is 32.2. The Morgan fingerprint density at radius 2 is 1.74 bits per heavy atom. The van der Waals surface area contributed by atoms with Crippen molar-refractivity contribution in [3.8, 4) is 0 Å². The van der Waals surface area contributed by atoms with Gasteiger partial charge in [0.1, 0.15) is 5.82 Å². The number of fused-ring (bicyclic) bond motifs is 1.